The summed E-state index contributed by atoms with van der Waals surface area (Å²) in [7, 11) is -2.83. The van der Waals surface area contributed by atoms with Gasteiger partial charge in [0.05, 0.1) is 0 Å². The van der Waals surface area contributed by atoms with E-state index < -0.39 is 10.4 Å². The lowest BCUT2D eigenvalue weighted by molar-refractivity contribution is 0.381. The van der Waals surface area contributed by atoms with Crippen molar-refractivity contribution in [1.82, 2.24) is 5.43 Å². The fourth-order valence-electron chi connectivity index (χ4n) is 0.666. The third kappa shape index (κ3) is 24.1. The fourth-order valence-corrected chi connectivity index (χ4v) is 0.666. The van der Waals surface area contributed by atoms with Crippen molar-refractivity contribution in [3.05, 3.63) is 30.3 Å². The largest absolute Gasteiger partial charge is 0.394 e. The molecule has 18 heavy (non-hydrogen) atoms. The Balaban J connectivity index is 0. The molecule has 0 spiro atoms. The van der Waals surface area contributed by atoms with Gasteiger partial charge in [-0.15, -0.1) is 0 Å². The summed E-state index contributed by atoms with van der Waals surface area (Å²) in [5.41, 5.74) is 16.7. The highest BCUT2D eigenvalue weighted by Crippen LogP contribution is 2.01. The normalized spacial score (nSPS) is 9.39. The first-order valence-corrected chi connectivity index (χ1v) is 6.32. The molecular formula is C9H20N4O4S. The summed E-state index contributed by atoms with van der Waals surface area (Å²) in [4.78, 5) is 0. The maximum absolute atomic E-state index is 8.74. The first kappa shape index (κ1) is 19.1. The maximum Gasteiger partial charge on any atom is 0.394 e. The Morgan fingerprint density at radius 2 is 1.50 bits per heavy atom. The quantitative estimate of drug-likeness (QED) is 0.320. The number of para-hydroxylation sites is 1. The predicted molar refractivity (Wildman–Crippen MR) is 71.4 cm³/mol. The summed E-state index contributed by atoms with van der Waals surface area (Å²) in [6.45, 7) is 1.19. The Morgan fingerprint density at radius 1 is 1.11 bits per heavy atom. The van der Waals surface area contributed by atoms with E-state index in [0.717, 1.165) is 5.69 Å². The van der Waals surface area contributed by atoms with Crippen molar-refractivity contribution in [3.63, 3.8) is 0 Å². The Hall–Kier alpha value is -1.23. The standard InChI is InChI=1S/C7H10N2.C2H8N2.H2O4S/c1-8-9-7-5-3-2-4-6-7;3-1-2-4;1-5(2,3)4/h2-6,8-9H,1H3;1-4H2;(H2,1,2,3,4). The van der Waals surface area contributed by atoms with Crippen molar-refractivity contribution in [3.8, 4) is 0 Å². The van der Waals surface area contributed by atoms with Crippen LogP contribution in [-0.4, -0.2) is 37.7 Å². The zero-order valence-corrected chi connectivity index (χ0v) is 10.9. The van der Waals surface area contributed by atoms with E-state index in [9.17, 15) is 0 Å². The van der Waals surface area contributed by atoms with Crippen LogP contribution in [0.15, 0.2) is 30.3 Å². The summed E-state index contributed by atoms with van der Waals surface area (Å²) in [5.74, 6) is 0. The molecule has 0 fully saturated rings. The molecule has 0 atom stereocenters. The molecule has 8 nitrogen and oxygen atoms in total. The average Bonchev–Trinajstić information content (AvgIpc) is 2.29. The third-order valence-corrected chi connectivity index (χ3v) is 1.21. The zero-order valence-electron chi connectivity index (χ0n) is 10.1. The van der Waals surface area contributed by atoms with Gasteiger partial charge in [0.25, 0.3) is 0 Å². The van der Waals surface area contributed by atoms with Crippen LogP contribution in [-0.2, 0) is 10.4 Å². The zero-order chi connectivity index (χ0) is 14.4. The average molecular weight is 280 g/mol. The molecule has 0 saturated heterocycles. The number of benzene rings is 1. The molecule has 1 rings (SSSR count). The number of hydrazine groups is 1. The lowest BCUT2D eigenvalue weighted by Crippen LogP contribution is -2.14. The van der Waals surface area contributed by atoms with Gasteiger partial charge in [-0.25, -0.2) is 5.43 Å². The molecule has 0 amide bonds. The number of rotatable bonds is 3. The minimum atomic E-state index is -4.67. The van der Waals surface area contributed by atoms with Crippen LogP contribution in [0.3, 0.4) is 0 Å². The Bertz CT molecular complexity index is 361. The van der Waals surface area contributed by atoms with Crippen LogP contribution < -0.4 is 22.3 Å². The SMILES string of the molecule is CNNc1ccccc1.NCCN.O=S(=O)(O)O. The van der Waals surface area contributed by atoms with Gasteiger partial charge in [0.1, 0.15) is 0 Å². The van der Waals surface area contributed by atoms with E-state index in [1.807, 2.05) is 37.4 Å². The second kappa shape index (κ2) is 12.2. The summed E-state index contributed by atoms with van der Waals surface area (Å²) < 4.78 is 31.6. The monoisotopic (exact) mass is 280 g/mol. The van der Waals surface area contributed by atoms with Crippen LogP contribution in [0.5, 0.6) is 0 Å². The van der Waals surface area contributed by atoms with Crippen molar-refractivity contribution >= 4 is 16.1 Å². The molecule has 0 aliphatic heterocycles. The van der Waals surface area contributed by atoms with E-state index in [4.69, 9.17) is 29.0 Å². The summed E-state index contributed by atoms with van der Waals surface area (Å²) >= 11 is 0. The fraction of sp³-hybridized carbons (Fsp3) is 0.333. The molecule has 0 aliphatic rings. The number of hydrogen-bond donors (Lipinski definition) is 6. The second-order valence-electron chi connectivity index (χ2n) is 2.77. The number of anilines is 1. The highest BCUT2D eigenvalue weighted by Gasteiger charge is 1.84. The van der Waals surface area contributed by atoms with Crippen molar-refractivity contribution < 1.29 is 17.5 Å². The molecule has 0 saturated carbocycles. The lowest BCUT2D eigenvalue weighted by Gasteiger charge is -2.00. The van der Waals surface area contributed by atoms with E-state index in [-0.39, 0.29) is 0 Å². The van der Waals surface area contributed by atoms with E-state index in [1.165, 1.54) is 0 Å². The molecule has 0 unspecified atom stereocenters. The molecule has 1 aromatic carbocycles. The molecule has 0 heterocycles. The van der Waals surface area contributed by atoms with E-state index >= 15 is 0 Å². The minimum absolute atomic E-state index is 0.597. The lowest BCUT2D eigenvalue weighted by atomic mass is 10.3. The van der Waals surface area contributed by atoms with Gasteiger partial charge in [0, 0.05) is 25.8 Å². The van der Waals surface area contributed by atoms with Gasteiger partial charge in [-0.2, -0.15) is 8.42 Å². The van der Waals surface area contributed by atoms with Crippen LogP contribution >= 0.6 is 0 Å². The Labute approximate surface area is 107 Å². The number of nitrogens with two attached hydrogens (primary N) is 2. The highest BCUT2D eigenvalue weighted by molar-refractivity contribution is 7.79. The summed E-state index contributed by atoms with van der Waals surface area (Å²) in [6.07, 6.45) is 0. The van der Waals surface area contributed by atoms with Crippen LogP contribution in [0, 0.1) is 0 Å². The molecule has 8 N–H and O–H groups in total. The van der Waals surface area contributed by atoms with E-state index in [1.54, 1.807) is 0 Å². The molecular weight excluding hydrogens is 260 g/mol. The third-order valence-electron chi connectivity index (χ3n) is 1.21. The van der Waals surface area contributed by atoms with Gasteiger partial charge >= 0.3 is 10.4 Å². The van der Waals surface area contributed by atoms with Crippen LogP contribution in [0.25, 0.3) is 0 Å². The topological polar surface area (TPSA) is 151 Å². The first-order valence-electron chi connectivity index (χ1n) is 4.93. The van der Waals surface area contributed by atoms with E-state index in [0.29, 0.717) is 13.1 Å². The van der Waals surface area contributed by atoms with Crippen molar-refractivity contribution in [1.29, 1.82) is 0 Å². The van der Waals surface area contributed by atoms with Gasteiger partial charge in [0.2, 0.25) is 0 Å². The number of nitrogens with one attached hydrogen (secondary N) is 2. The van der Waals surface area contributed by atoms with Crippen molar-refractivity contribution in [2.24, 2.45) is 11.5 Å². The second-order valence-corrected chi connectivity index (χ2v) is 3.66. The van der Waals surface area contributed by atoms with E-state index in [2.05, 4.69) is 10.9 Å². The van der Waals surface area contributed by atoms with Gasteiger partial charge in [-0.3, -0.25) is 9.11 Å². The van der Waals surface area contributed by atoms with Gasteiger partial charge in [-0.05, 0) is 12.1 Å². The van der Waals surface area contributed by atoms with Crippen molar-refractivity contribution in [2.75, 3.05) is 25.6 Å². The highest BCUT2D eigenvalue weighted by atomic mass is 32.3. The predicted octanol–water partition coefficient (Wildman–Crippen LogP) is -0.516. The summed E-state index contributed by atoms with van der Waals surface area (Å²) in [5, 5.41) is 0. The van der Waals surface area contributed by atoms with Gasteiger partial charge < -0.3 is 16.9 Å². The summed E-state index contributed by atoms with van der Waals surface area (Å²) in [6, 6.07) is 9.95. The van der Waals surface area contributed by atoms with Crippen LogP contribution in [0.2, 0.25) is 0 Å². The molecule has 0 aliphatic carbocycles. The van der Waals surface area contributed by atoms with Gasteiger partial charge in [-0.1, -0.05) is 18.2 Å². The van der Waals surface area contributed by atoms with Crippen molar-refractivity contribution in [2.45, 2.75) is 0 Å². The Kier molecular flexibility index (Phi) is 13.0. The molecule has 9 heteroatoms. The van der Waals surface area contributed by atoms with Gasteiger partial charge in [0.15, 0.2) is 0 Å². The van der Waals surface area contributed by atoms with Crippen LogP contribution in [0.1, 0.15) is 0 Å². The minimum Gasteiger partial charge on any atom is -0.329 e. The Morgan fingerprint density at radius 3 is 1.78 bits per heavy atom. The maximum atomic E-state index is 8.74. The first-order chi connectivity index (χ1) is 8.35. The molecule has 106 valence electrons. The molecule has 0 bridgehead atoms. The molecule has 1 aromatic rings. The van der Waals surface area contributed by atoms with Crippen LogP contribution in [0.4, 0.5) is 5.69 Å². The molecule has 0 aromatic heterocycles. The number of hydrogen-bond acceptors (Lipinski definition) is 6. The molecule has 0 radical (unpaired) electrons. The smallest absolute Gasteiger partial charge is 0.329 e.